The van der Waals surface area contributed by atoms with Crippen LogP contribution < -0.4 is 15.5 Å². The zero-order chi connectivity index (χ0) is 14.7. The van der Waals surface area contributed by atoms with Gasteiger partial charge in [0, 0.05) is 48.5 Å². The molecule has 3 rings (SSSR count). The van der Waals surface area contributed by atoms with Gasteiger partial charge in [0.2, 0.25) is 0 Å². The van der Waals surface area contributed by atoms with Gasteiger partial charge in [-0.2, -0.15) is 0 Å². The number of thiazole rings is 1. The number of halogens is 1. The zero-order valence-corrected chi connectivity index (χ0v) is 13.4. The van der Waals surface area contributed by atoms with Gasteiger partial charge in [-0.15, -0.1) is 11.3 Å². The SMILES string of the molecule is NCCc1c(Cl)cccc1N1CCN(c2nccs2)CC1. The Labute approximate surface area is 134 Å². The van der Waals surface area contributed by atoms with Crippen molar-refractivity contribution in [2.24, 2.45) is 5.73 Å². The van der Waals surface area contributed by atoms with Gasteiger partial charge in [-0.1, -0.05) is 17.7 Å². The number of rotatable bonds is 4. The Morgan fingerprint density at radius 2 is 1.95 bits per heavy atom. The number of nitrogens with two attached hydrogens (primary N) is 1. The van der Waals surface area contributed by atoms with E-state index in [4.69, 9.17) is 17.3 Å². The fourth-order valence-electron chi connectivity index (χ4n) is 2.75. The average molecular weight is 323 g/mol. The molecular weight excluding hydrogens is 304 g/mol. The summed E-state index contributed by atoms with van der Waals surface area (Å²) in [7, 11) is 0. The van der Waals surface area contributed by atoms with E-state index < -0.39 is 0 Å². The molecule has 2 N–H and O–H groups in total. The molecule has 0 saturated carbocycles. The molecule has 0 radical (unpaired) electrons. The minimum absolute atomic E-state index is 0.621. The highest BCUT2D eigenvalue weighted by atomic mass is 35.5. The first kappa shape index (κ1) is 14.6. The summed E-state index contributed by atoms with van der Waals surface area (Å²) in [6, 6.07) is 6.11. The van der Waals surface area contributed by atoms with E-state index >= 15 is 0 Å². The molecule has 4 nitrogen and oxygen atoms in total. The number of nitrogens with zero attached hydrogens (tertiary/aromatic N) is 3. The van der Waals surface area contributed by atoms with Crippen LogP contribution in [0.15, 0.2) is 29.8 Å². The molecule has 21 heavy (non-hydrogen) atoms. The Kier molecular flexibility index (Phi) is 4.63. The fourth-order valence-corrected chi connectivity index (χ4v) is 3.71. The van der Waals surface area contributed by atoms with Crippen LogP contribution in [0.25, 0.3) is 0 Å². The highest BCUT2D eigenvalue weighted by molar-refractivity contribution is 7.13. The minimum atomic E-state index is 0.621. The first-order valence-corrected chi connectivity index (χ1v) is 8.42. The monoisotopic (exact) mass is 322 g/mol. The van der Waals surface area contributed by atoms with E-state index in [2.05, 4.69) is 20.9 Å². The zero-order valence-electron chi connectivity index (χ0n) is 11.8. The van der Waals surface area contributed by atoms with Gasteiger partial charge in [-0.25, -0.2) is 4.98 Å². The molecule has 1 aromatic heterocycles. The van der Waals surface area contributed by atoms with Crippen molar-refractivity contribution in [1.29, 1.82) is 0 Å². The Balaban J connectivity index is 1.73. The smallest absolute Gasteiger partial charge is 0.185 e. The van der Waals surface area contributed by atoms with Crippen LogP contribution >= 0.6 is 22.9 Å². The highest BCUT2D eigenvalue weighted by Gasteiger charge is 2.21. The lowest BCUT2D eigenvalue weighted by molar-refractivity contribution is 0.649. The maximum absolute atomic E-state index is 6.34. The molecule has 1 fully saturated rings. The van der Waals surface area contributed by atoms with Crippen LogP contribution in [0.4, 0.5) is 10.8 Å². The van der Waals surface area contributed by atoms with E-state index in [0.717, 1.165) is 42.8 Å². The fraction of sp³-hybridized carbons (Fsp3) is 0.400. The quantitative estimate of drug-likeness (QED) is 0.940. The van der Waals surface area contributed by atoms with Crippen molar-refractivity contribution in [1.82, 2.24) is 4.98 Å². The van der Waals surface area contributed by atoms with Gasteiger partial charge in [0.15, 0.2) is 5.13 Å². The summed E-state index contributed by atoms with van der Waals surface area (Å²) in [5.41, 5.74) is 8.12. The van der Waals surface area contributed by atoms with E-state index in [0.29, 0.717) is 6.54 Å². The summed E-state index contributed by atoms with van der Waals surface area (Å²) in [4.78, 5) is 9.13. The molecule has 2 heterocycles. The Bertz CT molecular complexity index is 579. The van der Waals surface area contributed by atoms with Crippen molar-refractivity contribution in [2.45, 2.75) is 6.42 Å². The number of hydrogen-bond donors (Lipinski definition) is 1. The molecule has 2 aromatic rings. The summed E-state index contributed by atoms with van der Waals surface area (Å²) in [6.45, 7) is 4.56. The maximum atomic E-state index is 6.34. The maximum Gasteiger partial charge on any atom is 0.185 e. The van der Waals surface area contributed by atoms with E-state index in [9.17, 15) is 0 Å². The number of aromatic nitrogens is 1. The van der Waals surface area contributed by atoms with Crippen molar-refractivity contribution < 1.29 is 0 Å². The first-order valence-electron chi connectivity index (χ1n) is 7.16. The second-order valence-electron chi connectivity index (χ2n) is 5.06. The Hall–Kier alpha value is -1.30. The van der Waals surface area contributed by atoms with Crippen molar-refractivity contribution in [3.63, 3.8) is 0 Å². The molecule has 0 spiro atoms. The molecule has 6 heteroatoms. The molecule has 0 amide bonds. The van der Waals surface area contributed by atoms with Gasteiger partial charge in [0.25, 0.3) is 0 Å². The summed E-state index contributed by atoms with van der Waals surface area (Å²) < 4.78 is 0. The van der Waals surface area contributed by atoms with E-state index in [1.54, 1.807) is 11.3 Å². The van der Waals surface area contributed by atoms with Crippen LogP contribution in [0.5, 0.6) is 0 Å². The van der Waals surface area contributed by atoms with E-state index in [1.807, 2.05) is 23.7 Å². The van der Waals surface area contributed by atoms with Gasteiger partial charge in [0.05, 0.1) is 0 Å². The molecule has 0 bridgehead atoms. The predicted octanol–water partition coefficient (Wildman–Crippen LogP) is 2.62. The topological polar surface area (TPSA) is 45.4 Å². The van der Waals surface area contributed by atoms with Crippen LogP contribution in [0.2, 0.25) is 5.02 Å². The molecule has 1 aromatic carbocycles. The molecule has 0 unspecified atom stereocenters. The summed E-state index contributed by atoms with van der Waals surface area (Å²) in [5, 5.41) is 3.96. The lowest BCUT2D eigenvalue weighted by Crippen LogP contribution is -2.46. The standard InChI is InChI=1S/C15H19ClN4S/c16-13-2-1-3-14(12(13)4-5-17)19-7-9-20(10-8-19)15-18-6-11-21-15/h1-3,6,11H,4-5,7-10,17H2. The van der Waals surface area contributed by atoms with Crippen LogP contribution in [0.1, 0.15) is 5.56 Å². The van der Waals surface area contributed by atoms with E-state index in [1.165, 1.54) is 11.3 Å². The molecule has 0 atom stereocenters. The number of benzene rings is 1. The van der Waals surface area contributed by atoms with E-state index in [-0.39, 0.29) is 0 Å². The largest absolute Gasteiger partial charge is 0.368 e. The van der Waals surface area contributed by atoms with Gasteiger partial charge < -0.3 is 15.5 Å². The van der Waals surface area contributed by atoms with Crippen molar-refractivity contribution in [3.8, 4) is 0 Å². The van der Waals surface area contributed by atoms with Crippen LogP contribution in [-0.2, 0) is 6.42 Å². The minimum Gasteiger partial charge on any atom is -0.368 e. The van der Waals surface area contributed by atoms with Gasteiger partial charge >= 0.3 is 0 Å². The molecule has 1 aliphatic heterocycles. The van der Waals surface area contributed by atoms with Crippen molar-refractivity contribution in [3.05, 3.63) is 40.4 Å². The van der Waals surface area contributed by atoms with Crippen molar-refractivity contribution >= 4 is 33.8 Å². The van der Waals surface area contributed by atoms with Crippen LogP contribution in [-0.4, -0.2) is 37.7 Å². The molecule has 0 aliphatic carbocycles. The number of anilines is 2. The van der Waals surface area contributed by atoms with Gasteiger partial charge in [-0.05, 0) is 30.7 Å². The third-order valence-corrected chi connectivity index (χ3v) is 4.98. The normalized spacial score (nSPS) is 15.5. The predicted molar refractivity (Wildman–Crippen MR) is 90.8 cm³/mol. The molecule has 1 aliphatic rings. The second kappa shape index (κ2) is 6.64. The van der Waals surface area contributed by atoms with Crippen LogP contribution in [0.3, 0.4) is 0 Å². The summed E-state index contributed by atoms with van der Waals surface area (Å²) in [6.07, 6.45) is 2.68. The third-order valence-electron chi connectivity index (χ3n) is 3.80. The Morgan fingerprint density at radius 1 is 1.19 bits per heavy atom. The van der Waals surface area contributed by atoms with Gasteiger partial charge in [-0.3, -0.25) is 0 Å². The Morgan fingerprint density at radius 3 is 2.62 bits per heavy atom. The summed E-state index contributed by atoms with van der Waals surface area (Å²) in [5.74, 6) is 0. The molecule has 1 saturated heterocycles. The average Bonchev–Trinajstić information content (AvgIpc) is 3.04. The number of hydrogen-bond acceptors (Lipinski definition) is 5. The molecular formula is C15H19ClN4S. The first-order chi connectivity index (χ1) is 10.3. The highest BCUT2D eigenvalue weighted by Crippen LogP contribution is 2.29. The third kappa shape index (κ3) is 3.15. The lowest BCUT2D eigenvalue weighted by atomic mass is 10.1. The second-order valence-corrected chi connectivity index (χ2v) is 6.35. The van der Waals surface area contributed by atoms with Crippen LogP contribution in [0, 0.1) is 0 Å². The summed E-state index contributed by atoms with van der Waals surface area (Å²) >= 11 is 8.04. The molecule has 112 valence electrons. The lowest BCUT2D eigenvalue weighted by Gasteiger charge is -2.37. The number of piperazine rings is 1. The van der Waals surface area contributed by atoms with Crippen molar-refractivity contribution in [2.75, 3.05) is 42.5 Å². The van der Waals surface area contributed by atoms with Gasteiger partial charge in [0.1, 0.15) is 0 Å².